The number of ether oxygens (including phenoxy) is 4. The third-order valence-corrected chi connectivity index (χ3v) is 3.21. The molecule has 1 aromatic rings. The van der Waals surface area contributed by atoms with Crippen molar-refractivity contribution >= 4 is 17.9 Å². The van der Waals surface area contributed by atoms with Gasteiger partial charge in [-0.2, -0.15) is 5.26 Å². The first-order valence-corrected chi connectivity index (χ1v) is 7.26. The van der Waals surface area contributed by atoms with Crippen molar-refractivity contribution in [2.24, 2.45) is 0 Å². The summed E-state index contributed by atoms with van der Waals surface area (Å²) in [6.07, 6.45) is -2.77. The Morgan fingerprint density at radius 3 is 2.36 bits per heavy atom. The summed E-state index contributed by atoms with van der Waals surface area (Å²) >= 11 is 0. The molecule has 0 aromatic carbocycles. The number of rotatable bonds is 5. The van der Waals surface area contributed by atoms with Crippen LogP contribution in [0.4, 0.5) is 0 Å². The van der Waals surface area contributed by atoms with Gasteiger partial charge in [0.15, 0.2) is 18.4 Å². The molecule has 0 saturated carbocycles. The van der Waals surface area contributed by atoms with Crippen LogP contribution >= 0.6 is 0 Å². The summed E-state index contributed by atoms with van der Waals surface area (Å²) in [5, 5.41) is 12.7. The minimum atomic E-state index is -1.06. The highest BCUT2D eigenvalue weighted by molar-refractivity contribution is 5.67. The Hall–Kier alpha value is -3.00. The molecule has 11 nitrogen and oxygen atoms in total. The van der Waals surface area contributed by atoms with Crippen LogP contribution in [0.1, 0.15) is 32.8 Å². The average Bonchev–Trinajstić information content (AvgIpc) is 3.10. The molecule has 134 valence electrons. The Morgan fingerprint density at radius 2 is 1.84 bits per heavy atom. The zero-order valence-corrected chi connectivity index (χ0v) is 13.7. The Balaban J connectivity index is 2.32. The van der Waals surface area contributed by atoms with Crippen molar-refractivity contribution in [3.8, 4) is 6.07 Å². The van der Waals surface area contributed by atoms with Crippen LogP contribution in [0.2, 0.25) is 0 Å². The molecular weight excluding hydrogens is 336 g/mol. The monoisotopic (exact) mass is 352 g/mol. The first kappa shape index (κ1) is 18.3. The number of carbonyl (C=O) groups excluding carboxylic acids is 3. The van der Waals surface area contributed by atoms with Crippen LogP contribution in [0, 0.1) is 11.3 Å². The lowest BCUT2D eigenvalue weighted by Crippen LogP contribution is -2.40. The first-order valence-electron chi connectivity index (χ1n) is 7.26. The topological polar surface area (TPSA) is 143 Å². The minimum absolute atomic E-state index is 0.113. The second-order valence-corrected chi connectivity index (χ2v) is 5.18. The predicted molar refractivity (Wildman–Crippen MR) is 76.4 cm³/mol. The Morgan fingerprint density at radius 1 is 1.20 bits per heavy atom. The SMILES string of the molecule is CC(=O)OC[C@H]1O[C@@H](n2cnc(C#N)n2)C(OC(C)=O)C1OC(C)=O. The highest BCUT2D eigenvalue weighted by atomic mass is 16.7. The van der Waals surface area contributed by atoms with Gasteiger partial charge in [0.05, 0.1) is 0 Å². The van der Waals surface area contributed by atoms with Crippen molar-refractivity contribution < 1.29 is 33.3 Å². The maximum atomic E-state index is 11.4. The van der Waals surface area contributed by atoms with E-state index < -0.39 is 42.4 Å². The predicted octanol–water partition coefficient (Wildman–Crippen LogP) is -0.526. The number of nitrogens with zero attached hydrogens (tertiary/aromatic N) is 4. The van der Waals surface area contributed by atoms with E-state index in [0.29, 0.717) is 0 Å². The number of carbonyl (C=O) groups is 3. The van der Waals surface area contributed by atoms with E-state index in [1.165, 1.54) is 31.8 Å². The standard InChI is InChI=1S/C14H16N4O7/c1-7(19)22-5-10-12(23-8(2)20)13(24-9(3)21)14(25-10)18-6-16-11(4-15)17-18/h6,10,12-14H,5H2,1-3H3/t10-,12?,13?,14-/m1/s1. The van der Waals surface area contributed by atoms with E-state index in [4.69, 9.17) is 24.2 Å². The number of esters is 3. The van der Waals surface area contributed by atoms with Crippen molar-refractivity contribution in [2.75, 3.05) is 6.61 Å². The molecule has 1 saturated heterocycles. The summed E-state index contributed by atoms with van der Waals surface area (Å²) in [6.45, 7) is 3.36. The summed E-state index contributed by atoms with van der Waals surface area (Å²) in [5.74, 6) is -1.93. The van der Waals surface area contributed by atoms with Crippen LogP contribution in [0.25, 0.3) is 0 Å². The zero-order valence-electron chi connectivity index (χ0n) is 13.7. The van der Waals surface area contributed by atoms with Crippen LogP contribution in [-0.2, 0) is 33.3 Å². The van der Waals surface area contributed by atoms with Crippen LogP contribution in [0.5, 0.6) is 0 Å². The molecule has 1 aliphatic rings. The molecule has 11 heteroatoms. The van der Waals surface area contributed by atoms with Gasteiger partial charge in [-0.1, -0.05) is 0 Å². The molecular formula is C14H16N4O7. The van der Waals surface area contributed by atoms with Gasteiger partial charge >= 0.3 is 17.9 Å². The molecule has 0 aliphatic carbocycles. The van der Waals surface area contributed by atoms with Gasteiger partial charge in [-0.15, -0.1) is 5.10 Å². The molecule has 0 bridgehead atoms. The Bertz CT molecular complexity index is 710. The number of hydrogen-bond donors (Lipinski definition) is 0. The first-order chi connectivity index (χ1) is 11.8. The number of aromatic nitrogens is 3. The van der Waals surface area contributed by atoms with Crippen molar-refractivity contribution in [1.29, 1.82) is 5.26 Å². The lowest BCUT2D eigenvalue weighted by Gasteiger charge is -2.23. The van der Waals surface area contributed by atoms with Crippen LogP contribution in [0.3, 0.4) is 0 Å². The fourth-order valence-electron chi connectivity index (χ4n) is 2.35. The molecule has 0 amide bonds. The average molecular weight is 352 g/mol. The minimum Gasteiger partial charge on any atom is -0.463 e. The molecule has 4 atom stereocenters. The fourth-order valence-corrected chi connectivity index (χ4v) is 2.35. The quantitative estimate of drug-likeness (QED) is 0.501. The van der Waals surface area contributed by atoms with Gasteiger partial charge in [-0.25, -0.2) is 9.67 Å². The van der Waals surface area contributed by atoms with Gasteiger partial charge < -0.3 is 18.9 Å². The molecule has 0 N–H and O–H groups in total. The second-order valence-electron chi connectivity index (χ2n) is 5.18. The van der Waals surface area contributed by atoms with Crippen molar-refractivity contribution in [3.05, 3.63) is 12.2 Å². The molecule has 25 heavy (non-hydrogen) atoms. The molecule has 0 radical (unpaired) electrons. The van der Waals surface area contributed by atoms with Gasteiger partial charge in [-0.3, -0.25) is 14.4 Å². The van der Waals surface area contributed by atoms with Crippen LogP contribution < -0.4 is 0 Å². The maximum absolute atomic E-state index is 11.4. The van der Waals surface area contributed by atoms with Crippen LogP contribution in [0.15, 0.2) is 6.33 Å². The highest BCUT2D eigenvalue weighted by Crippen LogP contribution is 2.33. The van der Waals surface area contributed by atoms with Crippen LogP contribution in [-0.4, -0.2) is 57.6 Å². The Labute approximate surface area is 142 Å². The molecule has 1 fully saturated rings. The summed E-state index contributed by atoms with van der Waals surface area (Å²) in [5.41, 5.74) is 0. The van der Waals surface area contributed by atoms with Gasteiger partial charge in [0.1, 0.15) is 25.1 Å². The van der Waals surface area contributed by atoms with Gasteiger partial charge in [0.25, 0.3) is 5.82 Å². The van der Waals surface area contributed by atoms with Crippen molar-refractivity contribution in [2.45, 2.75) is 45.3 Å². The molecule has 2 unspecified atom stereocenters. The molecule has 0 spiro atoms. The highest BCUT2D eigenvalue weighted by Gasteiger charge is 2.51. The van der Waals surface area contributed by atoms with E-state index in [1.54, 1.807) is 6.07 Å². The van der Waals surface area contributed by atoms with E-state index in [1.807, 2.05) is 0 Å². The van der Waals surface area contributed by atoms with E-state index in [2.05, 4.69) is 10.1 Å². The van der Waals surface area contributed by atoms with E-state index in [0.717, 1.165) is 0 Å². The molecule has 2 heterocycles. The fraction of sp³-hybridized carbons (Fsp3) is 0.571. The van der Waals surface area contributed by atoms with E-state index >= 15 is 0 Å². The van der Waals surface area contributed by atoms with E-state index in [9.17, 15) is 14.4 Å². The Kier molecular flexibility index (Phi) is 5.66. The molecule has 1 aromatic heterocycles. The lowest BCUT2D eigenvalue weighted by molar-refractivity contribution is -0.166. The zero-order chi connectivity index (χ0) is 18.6. The maximum Gasteiger partial charge on any atom is 0.303 e. The molecule has 2 rings (SSSR count). The smallest absolute Gasteiger partial charge is 0.303 e. The largest absolute Gasteiger partial charge is 0.463 e. The van der Waals surface area contributed by atoms with Gasteiger partial charge in [0, 0.05) is 20.8 Å². The lowest BCUT2D eigenvalue weighted by atomic mass is 10.1. The van der Waals surface area contributed by atoms with Gasteiger partial charge in [-0.05, 0) is 0 Å². The third-order valence-electron chi connectivity index (χ3n) is 3.21. The van der Waals surface area contributed by atoms with Crippen molar-refractivity contribution in [3.63, 3.8) is 0 Å². The van der Waals surface area contributed by atoms with Crippen molar-refractivity contribution in [1.82, 2.24) is 14.8 Å². The number of nitriles is 1. The number of hydrogen-bond acceptors (Lipinski definition) is 10. The summed E-state index contributed by atoms with van der Waals surface area (Å²) < 4.78 is 22.2. The van der Waals surface area contributed by atoms with E-state index in [-0.39, 0.29) is 12.4 Å². The van der Waals surface area contributed by atoms with Gasteiger partial charge in [0.2, 0.25) is 0 Å². The second kappa shape index (κ2) is 7.71. The summed E-state index contributed by atoms with van der Waals surface area (Å²) in [4.78, 5) is 37.6. The molecule has 1 aliphatic heterocycles. The summed E-state index contributed by atoms with van der Waals surface area (Å²) in [6, 6.07) is 1.76. The summed E-state index contributed by atoms with van der Waals surface area (Å²) in [7, 11) is 0. The normalized spacial score (nSPS) is 25.0. The third kappa shape index (κ3) is 4.51.